The van der Waals surface area contributed by atoms with Crippen LogP contribution in [0.5, 0.6) is 5.75 Å². The first-order chi connectivity index (χ1) is 13.1. The number of methoxy groups -OCH3 is 1. The van der Waals surface area contributed by atoms with Crippen molar-refractivity contribution < 1.29 is 9.53 Å². The van der Waals surface area contributed by atoms with Crippen LogP contribution in [-0.2, 0) is 24.3 Å². The standard InChI is InChI=1S/C20H27N5O2/c1-23-8-4-6-16(13-23)20-22-21-18-14-24(9-10-25(18)20)19(26)12-15-5-3-7-17(11-15)27-2/h3,5,7,11,16H,4,6,8-10,12-14H2,1-2H3/t16-/m1/s1. The summed E-state index contributed by atoms with van der Waals surface area (Å²) in [6.07, 6.45) is 2.75. The predicted molar refractivity (Wildman–Crippen MR) is 102 cm³/mol. The molecule has 1 atom stereocenters. The van der Waals surface area contributed by atoms with Gasteiger partial charge in [0.15, 0.2) is 5.82 Å². The molecule has 1 saturated heterocycles. The summed E-state index contributed by atoms with van der Waals surface area (Å²) in [6.45, 7) is 4.23. The molecule has 7 nitrogen and oxygen atoms in total. The van der Waals surface area contributed by atoms with Gasteiger partial charge >= 0.3 is 0 Å². The molecule has 1 amide bonds. The van der Waals surface area contributed by atoms with Crippen LogP contribution in [0.3, 0.4) is 0 Å². The van der Waals surface area contributed by atoms with Crippen molar-refractivity contribution in [2.75, 3.05) is 33.8 Å². The molecule has 3 heterocycles. The van der Waals surface area contributed by atoms with E-state index in [0.29, 0.717) is 25.4 Å². The van der Waals surface area contributed by atoms with Gasteiger partial charge in [-0.3, -0.25) is 4.79 Å². The van der Waals surface area contributed by atoms with Crippen LogP contribution in [0.2, 0.25) is 0 Å². The van der Waals surface area contributed by atoms with E-state index in [2.05, 4.69) is 26.7 Å². The number of likely N-dealkylation sites (N-methyl/N-ethyl adjacent to an activating group) is 1. The number of fused-ring (bicyclic) bond motifs is 1. The van der Waals surface area contributed by atoms with Crippen LogP contribution < -0.4 is 4.74 Å². The Bertz CT molecular complexity index is 818. The molecule has 7 heteroatoms. The zero-order valence-corrected chi connectivity index (χ0v) is 16.1. The number of hydrogen-bond donors (Lipinski definition) is 0. The minimum atomic E-state index is 0.122. The summed E-state index contributed by atoms with van der Waals surface area (Å²) in [5, 5.41) is 8.89. The van der Waals surface area contributed by atoms with E-state index in [4.69, 9.17) is 4.74 Å². The smallest absolute Gasteiger partial charge is 0.227 e. The second kappa shape index (κ2) is 7.68. The summed E-state index contributed by atoms with van der Waals surface area (Å²) in [5.74, 6) is 3.35. The number of aromatic nitrogens is 3. The summed E-state index contributed by atoms with van der Waals surface area (Å²) in [6, 6.07) is 7.69. The Labute approximate surface area is 159 Å². The van der Waals surface area contributed by atoms with Gasteiger partial charge in [0.25, 0.3) is 0 Å². The van der Waals surface area contributed by atoms with Crippen LogP contribution in [0.15, 0.2) is 24.3 Å². The fraction of sp³-hybridized carbons (Fsp3) is 0.550. The Hall–Kier alpha value is -2.41. The van der Waals surface area contributed by atoms with Crippen LogP contribution in [0.1, 0.15) is 36.0 Å². The van der Waals surface area contributed by atoms with Gasteiger partial charge in [-0.2, -0.15) is 0 Å². The van der Waals surface area contributed by atoms with Gasteiger partial charge in [0, 0.05) is 25.6 Å². The monoisotopic (exact) mass is 369 g/mol. The van der Waals surface area contributed by atoms with E-state index in [1.165, 1.54) is 12.8 Å². The lowest BCUT2D eigenvalue weighted by atomic mass is 9.97. The Kier molecular flexibility index (Phi) is 5.11. The Balaban J connectivity index is 1.43. The highest BCUT2D eigenvalue weighted by atomic mass is 16.5. The lowest BCUT2D eigenvalue weighted by Gasteiger charge is -2.32. The van der Waals surface area contributed by atoms with Gasteiger partial charge in [-0.15, -0.1) is 10.2 Å². The molecule has 0 bridgehead atoms. The van der Waals surface area contributed by atoms with Crippen LogP contribution in [0, 0.1) is 0 Å². The first-order valence-corrected chi connectivity index (χ1v) is 9.65. The molecule has 144 valence electrons. The van der Waals surface area contributed by atoms with Crippen molar-refractivity contribution in [3.05, 3.63) is 41.5 Å². The number of benzene rings is 1. The maximum Gasteiger partial charge on any atom is 0.227 e. The van der Waals surface area contributed by atoms with Crippen molar-refractivity contribution in [1.29, 1.82) is 0 Å². The van der Waals surface area contributed by atoms with E-state index >= 15 is 0 Å². The van der Waals surface area contributed by atoms with E-state index < -0.39 is 0 Å². The van der Waals surface area contributed by atoms with E-state index in [0.717, 1.165) is 42.6 Å². The largest absolute Gasteiger partial charge is 0.497 e. The summed E-state index contributed by atoms with van der Waals surface area (Å²) in [7, 11) is 3.80. The lowest BCUT2D eigenvalue weighted by Crippen LogP contribution is -2.40. The molecular formula is C20H27N5O2. The minimum absolute atomic E-state index is 0.122. The maximum absolute atomic E-state index is 12.7. The zero-order chi connectivity index (χ0) is 18.8. The number of carbonyl (C=O) groups excluding carboxylic acids is 1. The molecule has 2 aliphatic heterocycles. The molecule has 0 spiro atoms. The van der Waals surface area contributed by atoms with Crippen molar-refractivity contribution in [1.82, 2.24) is 24.6 Å². The summed E-state index contributed by atoms with van der Waals surface area (Å²) < 4.78 is 7.48. The highest BCUT2D eigenvalue weighted by Gasteiger charge is 2.29. The van der Waals surface area contributed by atoms with Crippen molar-refractivity contribution in [3.8, 4) is 5.75 Å². The van der Waals surface area contributed by atoms with Gasteiger partial charge in [-0.25, -0.2) is 0 Å². The fourth-order valence-corrected chi connectivity index (χ4v) is 4.14. The van der Waals surface area contributed by atoms with E-state index in [1.54, 1.807) is 7.11 Å². The first-order valence-electron chi connectivity index (χ1n) is 9.65. The van der Waals surface area contributed by atoms with Crippen LogP contribution in [0.4, 0.5) is 0 Å². The molecule has 1 aromatic carbocycles. The molecule has 0 saturated carbocycles. The Morgan fingerprint density at radius 3 is 2.96 bits per heavy atom. The lowest BCUT2D eigenvalue weighted by molar-refractivity contribution is -0.132. The summed E-state index contributed by atoms with van der Waals surface area (Å²) in [4.78, 5) is 17.0. The van der Waals surface area contributed by atoms with Gasteiger partial charge in [-0.1, -0.05) is 12.1 Å². The minimum Gasteiger partial charge on any atom is -0.497 e. The number of piperidine rings is 1. The number of ether oxygens (including phenoxy) is 1. The molecule has 0 unspecified atom stereocenters. The van der Waals surface area contributed by atoms with Gasteiger partial charge < -0.3 is 19.1 Å². The average Bonchev–Trinajstić information content (AvgIpc) is 3.11. The number of rotatable bonds is 4. The summed E-state index contributed by atoms with van der Waals surface area (Å²) >= 11 is 0. The van der Waals surface area contributed by atoms with Gasteiger partial charge in [0.1, 0.15) is 11.6 Å². The molecule has 4 rings (SSSR count). The van der Waals surface area contributed by atoms with Gasteiger partial charge in [0.05, 0.1) is 20.1 Å². The molecule has 0 N–H and O–H groups in total. The average molecular weight is 369 g/mol. The van der Waals surface area contributed by atoms with Crippen LogP contribution in [-0.4, -0.2) is 64.3 Å². The third-order valence-electron chi connectivity index (χ3n) is 5.61. The molecule has 1 aromatic heterocycles. The predicted octanol–water partition coefficient (Wildman–Crippen LogP) is 1.68. The maximum atomic E-state index is 12.7. The normalized spacial score (nSPS) is 20.4. The number of likely N-dealkylation sites (tertiary alicyclic amines) is 1. The highest BCUT2D eigenvalue weighted by Crippen LogP contribution is 2.27. The molecule has 0 radical (unpaired) electrons. The second-order valence-electron chi connectivity index (χ2n) is 7.57. The first kappa shape index (κ1) is 18.0. The SMILES string of the molecule is COc1cccc(CC(=O)N2CCn3c(nnc3[C@@H]3CCCN(C)C3)C2)c1. The second-order valence-corrected chi connectivity index (χ2v) is 7.57. The fourth-order valence-electron chi connectivity index (χ4n) is 4.14. The van der Waals surface area contributed by atoms with E-state index in [9.17, 15) is 4.79 Å². The molecule has 2 aromatic rings. The third kappa shape index (κ3) is 3.83. The Morgan fingerprint density at radius 2 is 2.15 bits per heavy atom. The molecule has 0 aliphatic carbocycles. The van der Waals surface area contributed by atoms with Crippen LogP contribution >= 0.6 is 0 Å². The van der Waals surface area contributed by atoms with E-state index in [1.807, 2.05) is 29.2 Å². The van der Waals surface area contributed by atoms with Crippen molar-refractivity contribution in [2.45, 2.75) is 38.3 Å². The van der Waals surface area contributed by atoms with Crippen molar-refractivity contribution in [3.63, 3.8) is 0 Å². The van der Waals surface area contributed by atoms with E-state index in [-0.39, 0.29) is 5.91 Å². The zero-order valence-electron chi connectivity index (χ0n) is 16.1. The number of hydrogen-bond acceptors (Lipinski definition) is 5. The molecule has 27 heavy (non-hydrogen) atoms. The van der Waals surface area contributed by atoms with Gasteiger partial charge in [-0.05, 0) is 44.1 Å². The third-order valence-corrected chi connectivity index (χ3v) is 5.61. The van der Waals surface area contributed by atoms with Crippen molar-refractivity contribution >= 4 is 5.91 Å². The molecule has 2 aliphatic rings. The van der Waals surface area contributed by atoms with Crippen LogP contribution in [0.25, 0.3) is 0 Å². The topological polar surface area (TPSA) is 63.5 Å². The van der Waals surface area contributed by atoms with Crippen molar-refractivity contribution in [2.24, 2.45) is 0 Å². The number of nitrogens with zero attached hydrogens (tertiary/aromatic N) is 5. The summed E-state index contributed by atoms with van der Waals surface area (Å²) in [5.41, 5.74) is 0.970. The molecular weight excluding hydrogens is 342 g/mol. The number of carbonyl (C=O) groups is 1. The van der Waals surface area contributed by atoms with Gasteiger partial charge in [0.2, 0.25) is 5.91 Å². The quantitative estimate of drug-likeness (QED) is 0.821. The highest BCUT2D eigenvalue weighted by molar-refractivity contribution is 5.79. The Morgan fingerprint density at radius 1 is 1.26 bits per heavy atom. The number of amides is 1. The molecule has 1 fully saturated rings.